The quantitative estimate of drug-likeness (QED) is 0.504. The smallest absolute Gasteiger partial charge is 0.160 e. The number of hydrogen-bond acceptors (Lipinski definition) is 5. The van der Waals surface area contributed by atoms with Gasteiger partial charge in [-0.2, -0.15) is 0 Å². The van der Waals surface area contributed by atoms with E-state index in [0.29, 0.717) is 0 Å². The van der Waals surface area contributed by atoms with Crippen LogP contribution in [0.15, 0.2) is 55.1 Å². The summed E-state index contributed by atoms with van der Waals surface area (Å²) in [5.74, 6) is 1.78. The van der Waals surface area contributed by atoms with Crippen molar-refractivity contribution < 1.29 is 0 Å². The van der Waals surface area contributed by atoms with Gasteiger partial charge in [-0.05, 0) is 56.2 Å². The van der Waals surface area contributed by atoms with Gasteiger partial charge < -0.3 is 4.57 Å². The lowest BCUT2D eigenvalue weighted by Crippen LogP contribution is -2.31. The molecule has 0 N–H and O–H groups in total. The Bertz CT molecular complexity index is 1230. The largest absolute Gasteiger partial charge is 0.303 e. The summed E-state index contributed by atoms with van der Waals surface area (Å²) in [7, 11) is 0. The van der Waals surface area contributed by atoms with Crippen molar-refractivity contribution in [3.63, 3.8) is 0 Å². The minimum atomic E-state index is 0.759. The molecule has 1 aliphatic heterocycles. The third-order valence-electron chi connectivity index (χ3n) is 6.06. The number of fused-ring (bicyclic) bond motifs is 1. The van der Waals surface area contributed by atoms with Crippen molar-refractivity contribution in [2.24, 2.45) is 0 Å². The van der Waals surface area contributed by atoms with E-state index in [1.54, 1.807) is 6.20 Å². The van der Waals surface area contributed by atoms with E-state index in [1.165, 1.54) is 28.1 Å². The van der Waals surface area contributed by atoms with Gasteiger partial charge in [0.05, 0.1) is 5.69 Å². The molecule has 0 unspecified atom stereocenters. The second kappa shape index (κ2) is 8.04. The van der Waals surface area contributed by atoms with Crippen LogP contribution in [0.5, 0.6) is 0 Å². The molecule has 6 nitrogen and oxygen atoms in total. The summed E-state index contributed by atoms with van der Waals surface area (Å²) in [6.45, 7) is 9.23. The number of pyridine rings is 2. The van der Waals surface area contributed by atoms with Crippen molar-refractivity contribution in [2.75, 3.05) is 6.54 Å². The molecule has 31 heavy (non-hydrogen) atoms. The van der Waals surface area contributed by atoms with Gasteiger partial charge in [-0.3, -0.25) is 9.88 Å². The van der Waals surface area contributed by atoms with Gasteiger partial charge in [-0.1, -0.05) is 6.07 Å². The Kier molecular flexibility index (Phi) is 5.08. The van der Waals surface area contributed by atoms with Crippen LogP contribution in [0.25, 0.3) is 17.2 Å². The predicted molar refractivity (Wildman–Crippen MR) is 121 cm³/mol. The highest BCUT2D eigenvalue weighted by atomic mass is 15.1. The van der Waals surface area contributed by atoms with Crippen molar-refractivity contribution >= 4 is 0 Å². The van der Waals surface area contributed by atoms with E-state index in [-0.39, 0.29) is 0 Å². The minimum absolute atomic E-state index is 0.759. The van der Waals surface area contributed by atoms with Crippen LogP contribution in [0.3, 0.4) is 0 Å². The summed E-state index contributed by atoms with van der Waals surface area (Å²) in [5, 5.41) is 0. The Hall–Kier alpha value is -3.38. The third-order valence-corrected chi connectivity index (χ3v) is 6.06. The molecule has 0 saturated carbocycles. The van der Waals surface area contributed by atoms with Crippen LogP contribution < -0.4 is 0 Å². The molecule has 5 rings (SSSR count). The Balaban J connectivity index is 1.36. The first kappa shape index (κ1) is 19.6. The molecular formula is C25H26N6. The van der Waals surface area contributed by atoms with Gasteiger partial charge in [0.15, 0.2) is 5.82 Å². The lowest BCUT2D eigenvalue weighted by Gasteiger charge is -2.28. The zero-order valence-electron chi connectivity index (χ0n) is 18.2. The molecule has 1 aliphatic rings. The van der Waals surface area contributed by atoms with Crippen LogP contribution in [-0.4, -0.2) is 35.9 Å². The van der Waals surface area contributed by atoms with Gasteiger partial charge in [0.2, 0.25) is 0 Å². The molecule has 0 spiro atoms. The average Bonchev–Trinajstić information content (AvgIpc) is 3.07. The van der Waals surface area contributed by atoms with Crippen LogP contribution in [0, 0.1) is 20.8 Å². The van der Waals surface area contributed by atoms with Crippen LogP contribution in [-0.2, 0) is 19.5 Å². The maximum absolute atomic E-state index is 4.82. The Morgan fingerprint density at radius 2 is 1.87 bits per heavy atom. The first-order valence-electron chi connectivity index (χ1n) is 10.7. The Morgan fingerprint density at radius 1 is 1.00 bits per heavy atom. The summed E-state index contributed by atoms with van der Waals surface area (Å²) >= 11 is 0. The van der Waals surface area contributed by atoms with Crippen molar-refractivity contribution in [1.82, 2.24) is 29.4 Å². The van der Waals surface area contributed by atoms with Gasteiger partial charge in [0.1, 0.15) is 5.82 Å². The van der Waals surface area contributed by atoms with E-state index in [9.17, 15) is 0 Å². The number of aryl methyl sites for hydroxylation is 2. The normalized spacial score (nSPS) is 13.9. The molecule has 0 aromatic carbocycles. The van der Waals surface area contributed by atoms with Gasteiger partial charge in [0.25, 0.3) is 0 Å². The standard InChI is InChI=1S/C25H26N6/c1-17-6-4-10-27-25(17)31-18(2)12-21(19(31)3)15-30-11-8-23-22(16-30)14-28-24(29-23)20-7-5-9-26-13-20/h4-7,9-10,12-14H,8,11,15-16H2,1-3H3. The summed E-state index contributed by atoms with van der Waals surface area (Å²) in [6.07, 6.45) is 8.37. The maximum Gasteiger partial charge on any atom is 0.160 e. The van der Waals surface area contributed by atoms with Gasteiger partial charge >= 0.3 is 0 Å². The lowest BCUT2D eigenvalue weighted by atomic mass is 10.1. The Labute approximate surface area is 182 Å². The SMILES string of the molecule is Cc1cccnc1-n1c(C)cc(CN2CCc3nc(-c4cccnc4)ncc3C2)c1C. The average molecular weight is 411 g/mol. The Morgan fingerprint density at radius 3 is 2.68 bits per heavy atom. The fourth-order valence-corrected chi connectivity index (χ4v) is 4.41. The zero-order chi connectivity index (χ0) is 21.4. The summed E-state index contributed by atoms with van der Waals surface area (Å²) in [6, 6.07) is 10.3. The third kappa shape index (κ3) is 3.75. The first-order valence-corrected chi connectivity index (χ1v) is 10.7. The number of hydrogen-bond donors (Lipinski definition) is 0. The van der Waals surface area contributed by atoms with Crippen molar-refractivity contribution in [3.05, 3.63) is 88.9 Å². The highest BCUT2D eigenvalue weighted by Gasteiger charge is 2.21. The number of nitrogens with zero attached hydrogens (tertiary/aromatic N) is 6. The summed E-state index contributed by atoms with van der Waals surface area (Å²) in [5.41, 5.74) is 8.34. The van der Waals surface area contributed by atoms with Crippen LogP contribution in [0.2, 0.25) is 0 Å². The fraction of sp³-hybridized carbons (Fsp3) is 0.280. The van der Waals surface area contributed by atoms with Crippen molar-refractivity contribution in [1.29, 1.82) is 0 Å². The second-order valence-corrected chi connectivity index (χ2v) is 8.24. The molecule has 5 heterocycles. The highest BCUT2D eigenvalue weighted by molar-refractivity contribution is 5.53. The van der Waals surface area contributed by atoms with Crippen molar-refractivity contribution in [3.8, 4) is 17.2 Å². The molecule has 0 bridgehead atoms. The lowest BCUT2D eigenvalue weighted by molar-refractivity contribution is 0.242. The van der Waals surface area contributed by atoms with Gasteiger partial charge in [0, 0.05) is 73.4 Å². The molecule has 4 aromatic heterocycles. The molecule has 0 fully saturated rings. The monoisotopic (exact) mass is 410 g/mol. The maximum atomic E-state index is 4.82. The molecular weight excluding hydrogens is 384 g/mol. The highest BCUT2D eigenvalue weighted by Crippen LogP contribution is 2.26. The van der Waals surface area contributed by atoms with E-state index < -0.39 is 0 Å². The van der Waals surface area contributed by atoms with Gasteiger partial charge in [-0.25, -0.2) is 15.0 Å². The van der Waals surface area contributed by atoms with Crippen molar-refractivity contribution in [2.45, 2.75) is 40.3 Å². The van der Waals surface area contributed by atoms with Crippen LogP contribution >= 0.6 is 0 Å². The van der Waals surface area contributed by atoms with Crippen LogP contribution in [0.4, 0.5) is 0 Å². The number of aromatic nitrogens is 5. The van der Waals surface area contributed by atoms with E-state index in [0.717, 1.165) is 49.0 Å². The van der Waals surface area contributed by atoms with E-state index in [2.05, 4.69) is 57.3 Å². The summed E-state index contributed by atoms with van der Waals surface area (Å²) < 4.78 is 2.27. The minimum Gasteiger partial charge on any atom is -0.303 e. The van der Waals surface area contributed by atoms with Gasteiger partial charge in [-0.15, -0.1) is 0 Å². The second-order valence-electron chi connectivity index (χ2n) is 8.24. The molecule has 4 aromatic rings. The fourth-order valence-electron chi connectivity index (χ4n) is 4.41. The van der Waals surface area contributed by atoms with E-state index in [4.69, 9.17) is 4.98 Å². The summed E-state index contributed by atoms with van der Waals surface area (Å²) in [4.78, 5) is 20.7. The van der Waals surface area contributed by atoms with E-state index >= 15 is 0 Å². The zero-order valence-corrected chi connectivity index (χ0v) is 18.2. The topological polar surface area (TPSA) is 59.7 Å². The molecule has 0 radical (unpaired) electrons. The molecule has 0 saturated heterocycles. The molecule has 0 atom stereocenters. The molecule has 6 heteroatoms. The van der Waals surface area contributed by atoms with E-state index in [1.807, 2.05) is 36.8 Å². The van der Waals surface area contributed by atoms with Crippen LogP contribution in [0.1, 0.15) is 33.8 Å². The molecule has 0 aliphatic carbocycles. The predicted octanol–water partition coefficient (Wildman–Crippen LogP) is 4.21. The first-order chi connectivity index (χ1) is 15.1. The number of rotatable bonds is 4. The molecule has 0 amide bonds. The molecule has 156 valence electrons.